The second-order valence-electron chi connectivity index (χ2n) is 6.69. The Hall–Kier alpha value is -2.14. The second kappa shape index (κ2) is 6.54. The van der Waals surface area contributed by atoms with Crippen LogP contribution in [0.5, 0.6) is 0 Å². The fraction of sp³-hybridized carbons (Fsp3) is 0.444. The molecule has 1 aliphatic rings. The predicted molar refractivity (Wildman–Crippen MR) is 86.2 cm³/mol. The number of hydrogen-bond acceptors (Lipinski definition) is 4. The van der Waals surface area contributed by atoms with Crippen molar-refractivity contribution in [2.24, 2.45) is 5.41 Å². The first-order chi connectivity index (χ1) is 11.0. The lowest BCUT2D eigenvalue weighted by molar-refractivity contribution is 0.0690. The van der Waals surface area contributed by atoms with Gasteiger partial charge < -0.3 is 9.52 Å². The molecule has 0 radical (unpaired) electrons. The lowest BCUT2D eigenvalue weighted by Gasteiger charge is -2.24. The van der Waals surface area contributed by atoms with Gasteiger partial charge in [-0.3, -0.25) is 4.90 Å². The summed E-state index contributed by atoms with van der Waals surface area (Å²) in [5.74, 6) is -0.566. The first kappa shape index (κ1) is 15.7. The van der Waals surface area contributed by atoms with Gasteiger partial charge in [0.2, 0.25) is 5.89 Å². The van der Waals surface area contributed by atoms with E-state index >= 15 is 0 Å². The van der Waals surface area contributed by atoms with E-state index in [4.69, 9.17) is 9.52 Å². The van der Waals surface area contributed by atoms with Crippen LogP contribution in [-0.4, -0.2) is 34.0 Å². The fourth-order valence-corrected chi connectivity index (χ4v) is 3.23. The SMILES string of the molecule is CC1(CCc2ccccc2)CCN(Cc2nc(C(=O)O)co2)C1. The van der Waals surface area contributed by atoms with Gasteiger partial charge in [0.25, 0.3) is 0 Å². The van der Waals surface area contributed by atoms with Crippen molar-refractivity contribution in [2.45, 2.75) is 32.7 Å². The predicted octanol–water partition coefficient (Wildman–Crippen LogP) is 3.22. The normalized spacial score (nSPS) is 21.6. The van der Waals surface area contributed by atoms with Crippen LogP contribution in [-0.2, 0) is 13.0 Å². The average Bonchev–Trinajstić information content (AvgIpc) is 3.15. The Morgan fingerprint density at radius 2 is 2.17 bits per heavy atom. The van der Waals surface area contributed by atoms with Crippen LogP contribution >= 0.6 is 0 Å². The van der Waals surface area contributed by atoms with Crippen LogP contribution in [0.25, 0.3) is 0 Å². The molecule has 0 saturated carbocycles. The number of aryl methyl sites for hydroxylation is 1. The van der Waals surface area contributed by atoms with E-state index in [2.05, 4.69) is 41.1 Å². The summed E-state index contributed by atoms with van der Waals surface area (Å²) in [6, 6.07) is 10.6. The van der Waals surface area contributed by atoms with E-state index in [1.165, 1.54) is 11.8 Å². The number of likely N-dealkylation sites (tertiary alicyclic amines) is 1. The molecule has 1 fully saturated rings. The molecular weight excluding hydrogens is 292 g/mol. The monoisotopic (exact) mass is 314 g/mol. The van der Waals surface area contributed by atoms with Gasteiger partial charge in [-0.1, -0.05) is 37.3 Å². The molecule has 1 saturated heterocycles. The molecule has 0 aliphatic carbocycles. The quantitative estimate of drug-likeness (QED) is 0.887. The summed E-state index contributed by atoms with van der Waals surface area (Å²) in [5, 5.41) is 8.88. The van der Waals surface area contributed by atoms with Crippen LogP contribution in [0, 0.1) is 5.41 Å². The highest BCUT2D eigenvalue weighted by atomic mass is 16.4. The lowest BCUT2D eigenvalue weighted by Crippen LogP contribution is -2.25. The highest BCUT2D eigenvalue weighted by Gasteiger charge is 2.33. The van der Waals surface area contributed by atoms with Gasteiger partial charge in [0.1, 0.15) is 6.26 Å². The summed E-state index contributed by atoms with van der Waals surface area (Å²) >= 11 is 0. The average molecular weight is 314 g/mol. The number of carbonyl (C=O) groups is 1. The van der Waals surface area contributed by atoms with Crippen molar-refractivity contribution in [1.29, 1.82) is 0 Å². The standard InChI is InChI=1S/C18H22N2O3/c1-18(8-7-14-5-3-2-4-6-14)9-10-20(13-18)11-16-19-15(12-23-16)17(21)22/h2-6,12H,7-11,13H2,1H3,(H,21,22). The topological polar surface area (TPSA) is 66.6 Å². The largest absolute Gasteiger partial charge is 0.476 e. The van der Waals surface area contributed by atoms with Gasteiger partial charge in [-0.05, 0) is 36.8 Å². The molecule has 1 N–H and O–H groups in total. The van der Waals surface area contributed by atoms with Crippen LogP contribution in [0.2, 0.25) is 0 Å². The van der Waals surface area contributed by atoms with E-state index in [1.807, 2.05) is 6.07 Å². The number of carboxylic acids is 1. The first-order valence-corrected chi connectivity index (χ1v) is 7.98. The van der Waals surface area contributed by atoms with E-state index < -0.39 is 5.97 Å². The zero-order chi connectivity index (χ0) is 16.3. The zero-order valence-corrected chi connectivity index (χ0v) is 13.4. The maximum Gasteiger partial charge on any atom is 0.357 e. The molecule has 1 aromatic carbocycles. The molecule has 1 unspecified atom stereocenters. The third kappa shape index (κ3) is 3.99. The lowest BCUT2D eigenvalue weighted by atomic mass is 9.83. The number of hydrogen-bond donors (Lipinski definition) is 1. The van der Waals surface area contributed by atoms with Crippen LogP contribution in [0.1, 0.15) is 41.7 Å². The van der Waals surface area contributed by atoms with Gasteiger partial charge in [-0.15, -0.1) is 0 Å². The van der Waals surface area contributed by atoms with Gasteiger partial charge in [-0.25, -0.2) is 9.78 Å². The van der Waals surface area contributed by atoms with Crippen molar-refractivity contribution in [3.63, 3.8) is 0 Å². The van der Waals surface area contributed by atoms with E-state index in [1.54, 1.807) is 0 Å². The summed E-state index contributed by atoms with van der Waals surface area (Å²) in [5.41, 5.74) is 1.65. The summed E-state index contributed by atoms with van der Waals surface area (Å²) in [4.78, 5) is 17.1. The molecule has 0 amide bonds. The van der Waals surface area contributed by atoms with Gasteiger partial charge in [0.15, 0.2) is 5.69 Å². The molecule has 3 rings (SSSR count). The number of rotatable bonds is 6. The summed E-state index contributed by atoms with van der Waals surface area (Å²) in [6.45, 7) is 4.89. The molecule has 2 aromatic rings. The fourth-order valence-electron chi connectivity index (χ4n) is 3.23. The van der Waals surface area contributed by atoms with Crippen LogP contribution in [0.4, 0.5) is 0 Å². The number of carboxylic acid groups (broad SMARTS) is 1. The van der Waals surface area contributed by atoms with Crippen molar-refractivity contribution in [2.75, 3.05) is 13.1 Å². The van der Waals surface area contributed by atoms with Crippen LogP contribution < -0.4 is 0 Å². The van der Waals surface area contributed by atoms with E-state index in [9.17, 15) is 4.79 Å². The molecule has 0 spiro atoms. The number of nitrogens with zero attached hydrogens (tertiary/aromatic N) is 2. The van der Waals surface area contributed by atoms with E-state index in [0.717, 1.165) is 32.4 Å². The minimum absolute atomic E-state index is 0.0222. The molecule has 1 atom stereocenters. The van der Waals surface area contributed by atoms with Crippen LogP contribution in [0.15, 0.2) is 41.0 Å². The molecular formula is C18H22N2O3. The Balaban J connectivity index is 1.53. The molecule has 1 aliphatic heterocycles. The molecule has 5 heteroatoms. The smallest absolute Gasteiger partial charge is 0.357 e. The zero-order valence-electron chi connectivity index (χ0n) is 13.4. The summed E-state index contributed by atoms with van der Waals surface area (Å²) in [7, 11) is 0. The Labute approximate surface area is 135 Å². The number of oxazole rings is 1. The maximum atomic E-state index is 10.8. The van der Waals surface area contributed by atoms with Gasteiger partial charge in [-0.2, -0.15) is 0 Å². The van der Waals surface area contributed by atoms with Crippen molar-refractivity contribution in [3.05, 3.63) is 53.7 Å². The van der Waals surface area contributed by atoms with Gasteiger partial charge in [0, 0.05) is 6.54 Å². The van der Waals surface area contributed by atoms with Gasteiger partial charge in [0.05, 0.1) is 6.54 Å². The maximum absolute atomic E-state index is 10.8. The minimum Gasteiger partial charge on any atom is -0.476 e. The molecule has 122 valence electrons. The van der Waals surface area contributed by atoms with E-state index in [0.29, 0.717) is 12.4 Å². The van der Waals surface area contributed by atoms with Crippen molar-refractivity contribution < 1.29 is 14.3 Å². The second-order valence-corrected chi connectivity index (χ2v) is 6.69. The number of aromatic carboxylic acids is 1. The molecule has 0 bridgehead atoms. The Kier molecular flexibility index (Phi) is 4.48. The Morgan fingerprint density at radius 1 is 1.39 bits per heavy atom. The number of benzene rings is 1. The van der Waals surface area contributed by atoms with E-state index in [-0.39, 0.29) is 11.1 Å². The molecule has 1 aromatic heterocycles. The van der Waals surface area contributed by atoms with Crippen LogP contribution in [0.3, 0.4) is 0 Å². The third-order valence-corrected chi connectivity index (χ3v) is 4.63. The molecule has 23 heavy (non-hydrogen) atoms. The highest BCUT2D eigenvalue weighted by molar-refractivity contribution is 5.84. The summed E-state index contributed by atoms with van der Waals surface area (Å²) in [6.07, 6.45) is 4.60. The highest BCUT2D eigenvalue weighted by Crippen LogP contribution is 2.35. The van der Waals surface area contributed by atoms with Gasteiger partial charge >= 0.3 is 5.97 Å². The Morgan fingerprint density at radius 3 is 2.87 bits per heavy atom. The van der Waals surface area contributed by atoms with Crippen molar-refractivity contribution in [1.82, 2.24) is 9.88 Å². The molecule has 5 nitrogen and oxygen atoms in total. The first-order valence-electron chi connectivity index (χ1n) is 7.98. The summed E-state index contributed by atoms with van der Waals surface area (Å²) < 4.78 is 5.25. The van der Waals surface area contributed by atoms with Crippen molar-refractivity contribution in [3.8, 4) is 0 Å². The number of aromatic nitrogens is 1. The molecule has 2 heterocycles. The minimum atomic E-state index is -1.05. The Bertz CT molecular complexity index is 668. The third-order valence-electron chi connectivity index (χ3n) is 4.63. The van der Waals surface area contributed by atoms with Crippen molar-refractivity contribution >= 4 is 5.97 Å².